The number of aryl methyl sites for hydroxylation is 1. The molecule has 0 aliphatic rings. The van der Waals surface area contributed by atoms with Crippen molar-refractivity contribution in [3.05, 3.63) is 65.9 Å². The lowest BCUT2D eigenvalue weighted by molar-refractivity contribution is 0.0901. The molecule has 3 aromatic rings. The van der Waals surface area contributed by atoms with Crippen LogP contribution >= 0.6 is 0 Å². The van der Waals surface area contributed by atoms with Crippen molar-refractivity contribution in [2.75, 3.05) is 6.61 Å². The van der Waals surface area contributed by atoms with Gasteiger partial charge in [-0.2, -0.15) is 0 Å². The van der Waals surface area contributed by atoms with E-state index in [1.54, 1.807) is 6.07 Å². The summed E-state index contributed by atoms with van der Waals surface area (Å²) < 4.78 is 11.2. The lowest BCUT2D eigenvalue weighted by Gasteiger charge is -2.14. The molecule has 0 spiro atoms. The van der Waals surface area contributed by atoms with Crippen molar-refractivity contribution in [1.29, 1.82) is 0 Å². The van der Waals surface area contributed by atoms with Crippen molar-refractivity contribution in [3.63, 3.8) is 0 Å². The molecule has 0 bridgehead atoms. The van der Waals surface area contributed by atoms with E-state index in [0.29, 0.717) is 18.0 Å². The van der Waals surface area contributed by atoms with Crippen molar-refractivity contribution in [2.24, 2.45) is 0 Å². The Balaban J connectivity index is 1.57. The molecule has 1 aromatic heterocycles. The summed E-state index contributed by atoms with van der Waals surface area (Å²) in [7, 11) is 0. The van der Waals surface area contributed by atoms with Crippen LogP contribution in [-0.4, -0.2) is 18.6 Å². The maximum atomic E-state index is 12.2. The molecule has 0 radical (unpaired) electrons. The van der Waals surface area contributed by atoms with E-state index < -0.39 is 0 Å². The second-order valence-electron chi connectivity index (χ2n) is 5.65. The average Bonchev–Trinajstić information content (AvgIpc) is 2.98. The maximum absolute atomic E-state index is 12.2. The van der Waals surface area contributed by atoms with Gasteiger partial charge in [-0.05, 0) is 38.1 Å². The Hall–Kier alpha value is -2.75. The lowest BCUT2D eigenvalue weighted by Crippen LogP contribution is -2.36. The molecule has 0 saturated heterocycles. The molecule has 0 aliphatic carbocycles. The molecule has 0 aliphatic heterocycles. The fourth-order valence-electron chi connectivity index (χ4n) is 2.29. The van der Waals surface area contributed by atoms with Crippen LogP contribution in [0, 0.1) is 6.92 Å². The molecule has 1 unspecified atom stereocenters. The normalized spacial score (nSPS) is 12.1. The van der Waals surface area contributed by atoms with E-state index in [4.69, 9.17) is 9.15 Å². The van der Waals surface area contributed by atoms with E-state index in [0.717, 1.165) is 11.1 Å². The van der Waals surface area contributed by atoms with Gasteiger partial charge in [0, 0.05) is 5.39 Å². The highest BCUT2D eigenvalue weighted by molar-refractivity contribution is 5.96. The number of rotatable bonds is 5. The van der Waals surface area contributed by atoms with Gasteiger partial charge in [0.15, 0.2) is 5.76 Å². The molecule has 0 saturated carbocycles. The zero-order valence-electron chi connectivity index (χ0n) is 13.2. The number of amides is 1. The first-order valence-corrected chi connectivity index (χ1v) is 7.61. The molecule has 3 rings (SSSR count). The van der Waals surface area contributed by atoms with Gasteiger partial charge < -0.3 is 14.5 Å². The Labute approximate surface area is 135 Å². The highest BCUT2D eigenvalue weighted by Crippen LogP contribution is 2.18. The monoisotopic (exact) mass is 309 g/mol. The van der Waals surface area contributed by atoms with Gasteiger partial charge in [0.2, 0.25) is 0 Å². The van der Waals surface area contributed by atoms with Crippen LogP contribution in [0.5, 0.6) is 5.75 Å². The number of nitrogens with one attached hydrogen (secondary N) is 1. The fourth-order valence-corrected chi connectivity index (χ4v) is 2.29. The van der Waals surface area contributed by atoms with Crippen molar-refractivity contribution in [1.82, 2.24) is 5.32 Å². The summed E-state index contributed by atoms with van der Waals surface area (Å²) in [6, 6.07) is 17.0. The fraction of sp³-hybridized carbons (Fsp3) is 0.211. The van der Waals surface area contributed by atoms with E-state index >= 15 is 0 Å². The SMILES string of the molecule is Cc1ccc(OCC(C)NC(=O)c2cc3ccccc3o2)cc1. The third-order valence-electron chi connectivity index (χ3n) is 3.55. The Morgan fingerprint density at radius 3 is 2.65 bits per heavy atom. The van der Waals surface area contributed by atoms with Crippen LogP contribution in [0.4, 0.5) is 0 Å². The van der Waals surface area contributed by atoms with Gasteiger partial charge in [0.05, 0.1) is 6.04 Å². The van der Waals surface area contributed by atoms with E-state index in [9.17, 15) is 4.79 Å². The molecule has 4 nitrogen and oxygen atoms in total. The second kappa shape index (κ2) is 6.57. The minimum absolute atomic E-state index is 0.128. The first-order valence-electron chi connectivity index (χ1n) is 7.61. The van der Waals surface area contributed by atoms with Crippen LogP contribution in [-0.2, 0) is 0 Å². The number of fused-ring (bicyclic) bond motifs is 1. The lowest BCUT2D eigenvalue weighted by atomic mass is 10.2. The molecule has 1 N–H and O–H groups in total. The first-order chi connectivity index (χ1) is 11.1. The van der Waals surface area contributed by atoms with E-state index in [1.807, 2.05) is 62.4 Å². The summed E-state index contributed by atoms with van der Waals surface area (Å²) in [4.78, 5) is 12.2. The van der Waals surface area contributed by atoms with Gasteiger partial charge in [-0.3, -0.25) is 4.79 Å². The van der Waals surface area contributed by atoms with Crippen LogP contribution in [0.1, 0.15) is 23.0 Å². The molecular weight excluding hydrogens is 290 g/mol. The maximum Gasteiger partial charge on any atom is 0.287 e. The number of furan rings is 1. The number of carbonyl (C=O) groups excluding carboxylic acids is 1. The molecular formula is C19H19NO3. The second-order valence-corrected chi connectivity index (χ2v) is 5.65. The third-order valence-corrected chi connectivity index (χ3v) is 3.55. The predicted octanol–water partition coefficient (Wildman–Crippen LogP) is 3.94. The standard InChI is InChI=1S/C19H19NO3/c1-13-7-9-16(10-8-13)22-12-14(2)20-19(21)18-11-15-5-3-4-6-17(15)23-18/h3-11,14H,12H2,1-2H3,(H,20,21). The van der Waals surface area contributed by atoms with Crippen LogP contribution in [0.15, 0.2) is 59.0 Å². The summed E-state index contributed by atoms with van der Waals surface area (Å²) in [5, 5.41) is 3.80. The molecule has 1 atom stereocenters. The highest BCUT2D eigenvalue weighted by Gasteiger charge is 2.14. The zero-order valence-corrected chi connectivity index (χ0v) is 13.2. The first kappa shape index (κ1) is 15.2. The molecule has 2 aromatic carbocycles. The largest absolute Gasteiger partial charge is 0.491 e. The number of carbonyl (C=O) groups is 1. The average molecular weight is 309 g/mol. The number of para-hydroxylation sites is 1. The Bertz CT molecular complexity index is 772. The van der Waals surface area contributed by atoms with Gasteiger partial charge >= 0.3 is 0 Å². The number of hydrogen-bond acceptors (Lipinski definition) is 3. The Morgan fingerprint density at radius 2 is 1.91 bits per heavy atom. The van der Waals surface area contributed by atoms with Gasteiger partial charge in [-0.25, -0.2) is 0 Å². The van der Waals surface area contributed by atoms with Crippen molar-refractivity contribution < 1.29 is 13.9 Å². The molecule has 1 amide bonds. The smallest absolute Gasteiger partial charge is 0.287 e. The van der Waals surface area contributed by atoms with Gasteiger partial charge in [-0.15, -0.1) is 0 Å². The number of hydrogen-bond donors (Lipinski definition) is 1. The highest BCUT2D eigenvalue weighted by atomic mass is 16.5. The van der Waals surface area contributed by atoms with Crippen LogP contribution in [0.3, 0.4) is 0 Å². The van der Waals surface area contributed by atoms with Gasteiger partial charge in [0.25, 0.3) is 5.91 Å². The van der Waals surface area contributed by atoms with Crippen molar-refractivity contribution >= 4 is 16.9 Å². The topological polar surface area (TPSA) is 51.5 Å². The minimum Gasteiger partial charge on any atom is -0.491 e. The molecule has 23 heavy (non-hydrogen) atoms. The Morgan fingerprint density at radius 1 is 1.17 bits per heavy atom. The summed E-state index contributed by atoms with van der Waals surface area (Å²) in [5.41, 5.74) is 1.89. The third kappa shape index (κ3) is 3.72. The quantitative estimate of drug-likeness (QED) is 0.776. The van der Waals surface area contributed by atoms with Gasteiger partial charge in [-0.1, -0.05) is 35.9 Å². The summed E-state index contributed by atoms with van der Waals surface area (Å²) in [6.45, 7) is 4.32. The van der Waals surface area contributed by atoms with Crippen LogP contribution < -0.4 is 10.1 Å². The molecule has 0 fully saturated rings. The Kier molecular flexibility index (Phi) is 4.33. The van der Waals surface area contributed by atoms with E-state index in [2.05, 4.69) is 5.32 Å². The molecule has 4 heteroatoms. The number of benzene rings is 2. The summed E-state index contributed by atoms with van der Waals surface area (Å²) in [6.07, 6.45) is 0. The van der Waals surface area contributed by atoms with E-state index in [1.165, 1.54) is 5.56 Å². The molecule has 118 valence electrons. The van der Waals surface area contributed by atoms with Crippen molar-refractivity contribution in [2.45, 2.75) is 19.9 Å². The van der Waals surface area contributed by atoms with Crippen LogP contribution in [0.25, 0.3) is 11.0 Å². The van der Waals surface area contributed by atoms with E-state index in [-0.39, 0.29) is 11.9 Å². The molecule has 1 heterocycles. The van der Waals surface area contributed by atoms with Gasteiger partial charge in [0.1, 0.15) is 17.9 Å². The predicted molar refractivity (Wildman–Crippen MR) is 89.8 cm³/mol. The number of ether oxygens (including phenoxy) is 1. The zero-order chi connectivity index (χ0) is 16.2. The van der Waals surface area contributed by atoms with Crippen molar-refractivity contribution in [3.8, 4) is 5.75 Å². The summed E-state index contributed by atoms with van der Waals surface area (Å²) >= 11 is 0. The van der Waals surface area contributed by atoms with Crippen LogP contribution in [0.2, 0.25) is 0 Å². The summed E-state index contributed by atoms with van der Waals surface area (Å²) in [5.74, 6) is 0.870. The minimum atomic E-state index is -0.235.